The minimum Gasteiger partial charge on any atom is -0.477 e. The van der Waals surface area contributed by atoms with Gasteiger partial charge in [-0.15, -0.1) is 0 Å². The van der Waals surface area contributed by atoms with Gasteiger partial charge in [-0.05, 0) is 25.0 Å². The lowest BCUT2D eigenvalue weighted by Gasteiger charge is -2.36. The molecule has 1 saturated heterocycles. The Morgan fingerprint density at radius 2 is 2.16 bits per heavy atom. The van der Waals surface area contributed by atoms with E-state index in [1.165, 1.54) is 6.07 Å². The zero-order valence-electron chi connectivity index (χ0n) is 10.6. The van der Waals surface area contributed by atoms with Crippen molar-refractivity contribution in [2.45, 2.75) is 24.9 Å². The van der Waals surface area contributed by atoms with Crippen molar-refractivity contribution in [3.63, 3.8) is 0 Å². The number of carboxylic acids is 1. The van der Waals surface area contributed by atoms with Gasteiger partial charge in [-0.3, -0.25) is 0 Å². The van der Waals surface area contributed by atoms with E-state index in [4.69, 9.17) is 9.84 Å². The number of aliphatic hydroxyl groups excluding tert-OH is 1. The Bertz CT molecular complexity index is 444. The van der Waals surface area contributed by atoms with E-state index in [1.807, 2.05) is 0 Å². The normalized spacial score (nSPS) is 18.2. The molecule has 0 saturated carbocycles. The van der Waals surface area contributed by atoms with Gasteiger partial charge >= 0.3 is 5.97 Å². The number of carbonyl (C=O) groups is 1. The highest BCUT2D eigenvalue weighted by atomic mass is 16.5. The summed E-state index contributed by atoms with van der Waals surface area (Å²) in [6, 6.07) is 4.90. The smallest absolute Gasteiger partial charge is 0.354 e. The molecule has 1 aromatic rings. The Kier molecular flexibility index (Phi) is 4.47. The topological polar surface area (TPSA) is 91.7 Å². The van der Waals surface area contributed by atoms with Crippen molar-refractivity contribution in [2.75, 3.05) is 19.8 Å². The third-order valence-corrected chi connectivity index (χ3v) is 3.42. The summed E-state index contributed by atoms with van der Waals surface area (Å²) in [5, 5.41) is 21.7. The van der Waals surface area contributed by atoms with Gasteiger partial charge in [-0.25, -0.2) is 9.78 Å². The average Bonchev–Trinajstić information content (AvgIpc) is 2.46. The van der Waals surface area contributed by atoms with Crippen molar-refractivity contribution >= 4 is 5.97 Å². The molecule has 0 atom stereocenters. The summed E-state index contributed by atoms with van der Waals surface area (Å²) in [6.45, 7) is 1.71. The first-order valence-corrected chi connectivity index (χ1v) is 6.28. The molecule has 3 N–H and O–H groups in total. The van der Waals surface area contributed by atoms with Gasteiger partial charge in [-0.2, -0.15) is 0 Å². The number of aliphatic hydroxyl groups is 1. The predicted molar refractivity (Wildman–Crippen MR) is 67.9 cm³/mol. The van der Waals surface area contributed by atoms with Gasteiger partial charge in [0.15, 0.2) is 0 Å². The number of rotatable bonds is 5. The molecule has 0 aromatic carbocycles. The van der Waals surface area contributed by atoms with Crippen molar-refractivity contribution in [3.8, 4) is 0 Å². The fourth-order valence-corrected chi connectivity index (χ4v) is 2.13. The number of nitrogens with zero attached hydrogens (tertiary/aromatic N) is 1. The predicted octanol–water partition coefficient (Wildman–Crippen LogP) is 0.411. The van der Waals surface area contributed by atoms with E-state index in [0.717, 1.165) is 12.8 Å². The molecule has 6 nitrogen and oxygen atoms in total. The van der Waals surface area contributed by atoms with E-state index in [-0.39, 0.29) is 17.8 Å². The van der Waals surface area contributed by atoms with Crippen LogP contribution in [0.1, 0.15) is 29.0 Å². The van der Waals surface area contributed by atoms with Gasteiger partial charge in [0.1, 0.15) is 5.69 Å². The number of aromatic nitrogens is 1. The minimum atomic E-state index is -1.04. The molecule has 1 aliphatic rings. The molecule has 0 spiro atoms. The first-order chi connectivity index (χ1) is 9.15. The summed E-state index contributed by atoms with van der Waals surface area (Å²) in [5.41, 5.74) is 0.336. The Hall–Kier alpha value is -1.50. The zero-order chi connectivity index (χ0) is 13.7. The van der Waals surface area contributed by atoms with Gasteiger partial charge in [0.2, 0.25) is 0 Å². The van der Waals surface area contributed by atoms with Crippen LogP contribution in [0.15, 0.2) is 18.2 Å². The van der Waals surface area contributed by atoms with Gasteiger partial charge in [0.05, 0.1) is 12.3 Å². The second-order valence-electron chi connectivity index (χ2n) is 4.72. The minimum absolute atomic E-state index is 0.0318. The fourth-order valence-electron chi connectivity index (χ4n) is 2.13. The van der Waals surface area contributed by atoms with E-state index < -0.39 is 5.97 Å². The molecule has 0 aliphatic carbocycles. The van der Waals surface area contributed by atoms with Crippen molar-refractivity contribution in [1.82, 2.24) is 10.3 Å². The number of nitrogens with one attached hydrogen (secondary N) is 1. The van der Waals surface area contributed by atoms with E-state index in [1.54, 1.807) is 12.1 Å². The van der Waals surface area contributed by atoms with Crippen LogP contribution in [-0.2, 0) is 11.3 Å². The quantitative estimate of drug-likeness (QED) is 0.715. The first kappa shape index (κ1) is 13.9. The largest absolute Gasteiger partial charge is 0.477 e. The Morgan fingerprint density at radius 3 is 2.79 bits per heavy atom. The van der Waals surface area contributed by atoms with Gasteiger partial charge in [-0.1, -0.05) is 6.07 Å². The van der Waals surface area contributed by atoms with Crippen molar-refractivity contribution in [2.24, 2.45) is 0 Å². The summed E-state index contributed by atoms with van der Waals surface area (Å²) in [4.78, 5) is 14.9. The first-order valence-electron chi connectivity index (χ1n) is 6.28. The molecule has 1 aliphatic heterocycles. The number of ether oxygens (including phenoxy) is 1. The second-order valence-corrected chi connectivity index (χ2v) is 4.72. The van der Waals surface area contributed by atoms with Gasteiger partial charge in [0, 0.05) is 25.3 Å². The SMILES string of the molecule is O=C(O)c1cccc(CNC2(CO)CCOCC2)n1. The standard InChI is InChI=1S/C13H18N2O4/c16-9-13(4-6-19-7-5-13)14-8-10-2-1-3-11(15-10)12(17)18/h1-3,14,16H,4-9H2,(H,17,18). The maximum Gasteiger partial charge on any atom is 0.354 e. The van der Waals surface area contributed by atoms with Crippen LogP contribution in [0.4, 0.5) is 0 Å². The van der Waals surface area contributed by atoms with Crippen LogP contribution in [0.3, 0.4) is 0 Å². The molecular formula is C13H18N2O4. The summed E-state index contributed by atoms with van der Waals surface area (Å²) >= 11 is 0. The number of hydrogen-bond donors (Lipinski definition) is 3. The highest BCUT2D eigenvalue weighted by Gasteiger charge is 2.31. The van der Waals surface area contributed by atoms with Crippen molar-refractivity contribution < 1.29 is 19.7 Å². The summed E-state index contributed by atoms with van der Waals surface area (Å²) < 4.78 is 5.28. The highest BCUT2D eigenvalue weighted by Crippen LogP contribution is 2.20. The maximum absolute atomic E-state index is 10.8. The third kappa shape index (κ3) is 3.50. The van der Waals surface area contributed by atoms with Crippen molar-refractivity contribution in [3.05, 3.63) is 29.6 Å². The van der Waals surface area contributed by atoms with E-state index >= 15 is 0 Å². The van der Waals surface area contributed by atoms with E-state index in [2.05, 4.69) is 10.3 Å². The number of pyridine rings is 1. The van der Waals surface area contributed by atoms with Gasteiger partial charge < -0.3 is 20.3 Å². The molecule has 2 rings (SSSR count). The monoisotopic (exact) mass is 266 g/mol. The maximum atomic E-state index is 10.8. The summed E-state index contributed by atoms with van der Waals surface area (Å²) in [5.74, 6) is -1.04. The molecule has 0 bridgehead atoms. The number of aromatic carboxylic acids is 1. The summed E-state index contributed by atoms with van der Waals surface area (Å²) in [7, 11) is 0. The molecule has 0 radical (unpaired) electrons. The third-order valence-electron chi connectivity index (χ3n) is 3.42. The van der Waals surface area contributed by atoms with Crippen molar-refractivity contribution in [1.29, 1.82) is 0 Å². The number of hydrogen-bond acceptors (Lipinski definition) is 5. The zero-order valence-corrected chi connectivity index (χ0v) is 10.6. The van der Waals surface area contributed by atoms with Crippen LogP contribution in [0, 0.1) is 0 Å². The fraction of sp³-hybridized carbons (Fsp3) is 0.538. The molecule has 6 heteroatoms. The Labute approximate surface area is 111 Å². The molecular weight excluding hydrogens is 248 g/mol. The van der Waals surface area contributed by atoms with Crippen LogP contribution in [0.2, 0.25) is 0 Å². The number of carboxylic acid groups (broad SMARTS) is 1. The molecule has 0 unspecified atom stereocenters. The summed E-state index contributed by atoms with van der Waals surface area (Å²) in [6.07, 6.45) is 1.48. The molecule has 1 fully saturated rings. The van der Waals surface area contributed by atoms with Crippen LogP contribution in [0.25, 0.3) is 0 Å². The van der Waals surface area contributed by atoms with Crippen LogP contribution in [-0.4, -0.2) is 46.5 Å². The molecule has 104 valence electrons. The van der Waals surface area contributed by atoms with Crippen LogP contribution < -0.4 is 5.32 Å². The average molecular weight is 266 g/mol. The lowest BCUT2D eigenvalue weighted by atomic mass is 9.91. The molecule has 0 amide bonds. The van der Waals surface area contributed by atoms with E-state index in [9.17, 15) is 9.90 Å². The molecule has 2 heterocycles. The molecule has 19 heavy (non-hydrogen) atoms. The lowest BCUT2D eigenvalue weighted by molar-refractivity contribution is 0.0110. The Balaban J connectivity index is 2.00. The van der Waals surface area contributed by atoms with Gasteiger partial charge in [0.25, 0.3) is 0 Å². The highest BCUT2D eigenvalue weighted by molar-refractivity contribution is 5.85. The Morgan fingerprint density at radius 1 is 1.42 bits per heavy atom. The lowest BCUT2D eigenvalue weighted by Crippen LogP contribution is -2.52. The molecule has 1 aromatic heterocycles. The van der Waals surface area contributed by atoms with Crippen LogP contribution in [0.5, 0.6) is 0 Å². The van der Waals surface area contributed by atoms with Crippen LogP contribution >= 0.6 is 0 Å². The second kappa shape index (κ2) is 6.10. The van der Waals surface area contributed by atoms with E-state index in [0.29, 0.717) is 25.5 Å².